The Hall–Kier alpha value is -1.50. The normalized spacial score (nSPS) is 24.0. The van der Waals surface area contributed by atoms with Gasteiger partial charge in [0.2, 0.25) is 0 Å². The van der Waals surface area contributed by atoms with Crippen molar-refractivity contribution in [2.45, 2.75) is 38.0 Å². The average molecular weight is 386 g/mol. The van der Waals surface area contributed by atoms with Gasteiger partial charge in [0.15, 0.2) is 0 Å². The van der Waals surface area contributed by atoms with E-state index in [-0.39, 0.29) is 11.0 Å². The number of hydrogen-bond donors (Lipinski definition) is 3. The lowest BCUT2D eigenvalue weighted by Gasteiger charge is -2.44. The molecule has 0 aliphatic carbocycles. The third-order valence-electron chi connectivity index (χ3n) is 5.57. The van der Waals surface area contributed by atoms with Crippen LogP contribution in [0.1, 0.15) is 20.8 Å². The summed E-state index contributed by atoms with van der Waals surface area (Å²) in [7, 11) is -2.61. The summed E-state index contributed by atoms with van der Waals surface area (Å²) in [5, 5.41) is 26.0. The lowest BCUT2D eigenvalue weighted by molar-refractivity contribution is -0.0471. The van der Waals surface area contributed by atoms with Gasteiger partial charge in [-0.25, -0.2) is 0 Å². The van der Waals surface area contributed by atoms with E-state index in [0.717, 1.165) is 0 Å². The van der Waals surface area contributed by atoms with Gasteiger partial charge in [-0.15, -0.1) is 0 Å². The summed E-state index contributed by atoms with van der Waals surface area (Å²) >= 11 is 0. The Morgan fingerprint density at radius 1 is 0.926 bits per heavy atom. The average Bonchev–Trinajstić information content (AvgIpc) is 2.66. The van der Waals surface area contributed by atoms with Gasteiger partial charge >= 0.3 is 0 Å². The second-order valence-electron chi connectivity index (χ2n) is 8.45. The summed E-state index contributed by atoms with van der Waals surface area (Å²) < 4.78 is 6.85. The minimum Gasteiger partial charge on any atom is -0.407 e. The Bertz CT molecular complexity index is 678. The second kappa shape index (κ2) is 8.25. The van der Waals surface area contributed by atoms with Crippen LogP contribution in [-0.2, 0) is 4.43 Å². The molecule has 5 heteroatoms. The Morgan fingerprint density at radius 2 is 1.44 bits per heavy atom. The van der Waals surface area contributed by atoms with Crippen LogP contribution in [0.4, 0.5) is 0 Å². The quantitative estimate of drug-likeness (QED) is 0.683. The Kier molecular flexibility index (Phi) is 6.18. The van der Waals surface area contributed by atoms with Crippen LogP contribution in [0, 0.1) is 5.92 Å². The molecule has 0 radical (unpaired) electrons. The number of aliphatic hydroxyl groups excluding tert-OH is 2. The van der Waals surface area contributed by atoms with E-state index < -0.39 is 20.5 Å². The van der Waals surface area contributed by atoms with Crippen LogP contribution < -0.4 is 15.7 Å². The van der Waals surface area contributed by atoms with Crippen molar-refractivity contribution < 1.29 is 14.6 Å². The lowest BCUT2D eigenvalue weighted by Crippen LogP contribution is -2.67. The second-order valence-corrected chi connectivity index (χ2v) is 12.8. The molecule has 0 spiro atoms. The van der Waals surface area contributed by atoms with E-state index >= 15 is 0 Å². The maximum Gasteiger partial charge on any atom is 0.261 e. The van der Waals surface area contributed by atoms with Crippen LogP contribution in [0.25, 0.3) is 0 Å². The fraction of sp³-hybridized carbons (Fsp3) is 0.455. The molecule has 1 aliphatic rings. The summed E-state index contributed by atoms with van der Waals surface area (Å²) in [4.78, 5) is 0. The van der Waals surface area contributed by atoms with Gasteiger partial charge in [-0.3, -0.25) is 0 Å². The molecule has 0 bridgehead atoms. The summed E-state index contributed by atoms with van der Waals surface area (Å²) in [6.45, 7) is 8.21. The number of benzene rings is 2. The number of rotatable bonds is 5. The van der Waals surface area contributed by atoms with Gasteiger partial charge in [0, 0.05) is 25.6 Å². The first-order valence-corrected chi connectivity index (χ1v) is 11.6. The van der Waals surface area contributed by atoms with Gasteiger partial charge in [-0.05, 0) is 15.4 Å². The first-order valence-electron chi connectivity index (χ1n) is 9.68. The molecule has 2 aromatic carbocycles. The smallest absolute Gasteiger partial charge is 0.261 e. The van der Waals surface area contributed by atoms with Crippen molar-refractivity contribution in [1.82, 2.24) is 5.32 Å². The first-order chi connectivity index (χ1) is 12.9. The molecule has 0 amide bonds. The van der Waals surface area contributed by atoms with E-state index in [1.165, 1.54) is 10.4 Å². The molecule has 0 saturated carbocycles. The van der Waals surface area contributed by atoms with E-state index in [2.05, 4.69) is 74.6 Å². The predicted molar refractivity (Wildman–Crippen MR) is 112 cm³/mol. The number of β-amino-alcohol motifs (C(OH)–C–C–N with tert-alkyl or cyclic N) is 1. The van der Waals surface area contributed by atoms with Crippen molar-refractivity contribution in [3.63, 3.8) is 0 Å². The predicted octanol–water partition coefficient (Wildman–Crippen LogP) is 1.50. The maximum atomic E-state index is 10.4. The molecule has 3 N–H and O–H groups in total. The Morgan fingerprint density at radius 3 is 1.93 bits per heavy atom. The minimum atomic E-state index is -2.61. The molecular formula is C22H31NO3Si. The van der Waals surface area contributed by atoms with Gasteiger partial charge < -0.3 is 20.0 Å². The van der Waals surface area contributed by atoms with Crippen LogP contribution in [0.5, 0.6) is 0 Å². The minimum absolute atomic E-state index is 0.0959. The molecule has 1 saturated heterocycles. The van der Waals surface area contributed by atoms with Crippen molar-refractivity contribution in [1.29, 1.82) is 0 Å². The molecule has 1 heterocycles. The van der Waals surface area contributed by atoms with E-state index in [1.807, 2.05) is 12.1 Å². The van der Waals surface area contributed by atoms with Crippen LogP contribution in [-0.4, -0.2) is 50.4 Å². The summed E-state index contributed by atoms with van der Waals surface area (Å²) in [6, 6.07) is 21.0. The molecule has 146 valence electrons. The highest BCUT2D eigenvalue weighted by Gasteiger charge is 2.50. The standard InChI is InChI=1S/C22H31NO3Si/c1-22(2,3)27(18-10-6-4-7-11-18,19-12-8-5-9-13-19)26-16-17-14-23-15-20(24)21(17)25/h4-13,17,20-21,23-25H,14-16H2,1-3H3/t17-,20-,21-/m1/s1. The van der Waals surface area contributed by atoms with Gasteiger partial charge in [-0.1, -0.05) is 81.4 Å². The van der Waals surface area contributed by atoms with E-state index in [9.17, 15) is 10.2 Å². The first kappa shape index (κ1) is 20.2. The van der Waals surface area contributed by atoms with Crippen LogP contribution in [0.3, 0.4) is 0 Å². The van der Waals surface area contributed by atoms with Crippen LogP contribution in [0.2, 0.25) is 5.04 Å². The van der Waals surface area contributed by atoms with Gasteiger partial charge in [-0.2, -0.15) is 0 Å². The molecule has 0 unspecified atom stereocenters. The van der Waals surface area contributed by atoms with Crippen molar-refractivity contribution in [3.05, 3.63) is 60.7 Å². The SMILES string of the molecule is CC(C)(C)[Si](OC[C@H]1CNC[C@@H](O)[C@@H]1O)(c1ccccc1)c1ccccc1. The Balaban J connectivity index is 2.02. The molecule has 1 fully saturated rings. The van der Waals surface area contributed by atoms with Crippen LogP contribution in [0.15, 0.2) is 60.7 Å². The lowest BCUT2D eigenvalue weighted by atomic mass is 9.95. The highest BCUT2D eigenvalue weighted by atomic mass is 28.4. The molecule has 3 rings (SSSR count). The van der Waals surface area contributed by atoms with E-state index in [1.54, 1.807) is 0 Å². The van der Waals surface area contributed by atoms with Crippen LogP contribution >= 0.6 is 0 Å². The van der Waals surface area contributed by atoms with Gasteiger partial charge in [0.05, 0.1) is 12.2 Å². The molecule has 27 heavy (non-hydrogen) atoms. The number of nitrogens with one attached hydrogen (secondary N) is 1. The van der Waals surface area contributed by atoms with Gasteiger partial charge in [0.25, 0.3) is 8.32 Å². The Labute approximate surface area is 163 Å². The fourth-order valence-electron chi connectivity index (χ4n) is 4.12. The monoisotopic (exact) mass is 385 g/mol. The third kappa shape index (κ3) is 4.03. The summed E-state index contributed by atoms with van der Waals surface area (Å²) in [5.74, 6) is -0.129. The summed E-state index contributed by atoms with van der Waals surface area (Å²) in [5.41, 5.74) is 0. The molecule has 2 aromatic rings. The third-order valence-corrected chi connectivity index (χ3v) is 10.6. The zero-order valence-corrected chi connectivity index (χ0v) is 17.4. The zero-order valence-electron chi connectivity index (χ0n) is 16.4. The van der Waals surface area contributed by atoms with Gasteiger partial charge in [0.1, 0.15) is 0 Å². The number of piperidine rings is 1. The molecule has 0 aromatic heterocycles. The largest absolute Gasteiger partial charge is 0.407 e. The number of aliphatic hydroxyl groups is 2. The van der Waals surface area contributed by atoms with Crippen molar-refractivity contribution >= 4 is 18.7 Å². The highest BCUT2D eigenvalue weighted by molar-refractivity contribution is 6.99. The summed E-state index contributed by atoms with van der Waals surface area (Å²) in [6.07, 6.45) is -1.50. The highest BCUT2D eigenvalue weighted by Crippen LogP contribution is 2.37. The topological polar surface area (TPSA) is 61.7 Å². The molecular weight excluding hydrogens is 354 g/mol. The number of hydrogen-bond acceptors (Lipinski definition) is 4. The molecule has 3 atom stereocenters. The van der Waals surface area contributed by atoms with E-state index in [4.69, 9.17) is 4.43 Å². The van der Waals surface area contributed by atoms with Crippen molar-refractivity contribution in [2.75, 3.05) is 19.7 Å². The zero-order chi connectivity index (χ0) is 19.5. The molecule has 1 aliphatic heterocycles. The van der Waals surface area contributed by atoms with Crippen molar-refractivity contribution in [3.8, 4) is 0 Å². The maximum absolute atomic E-state index is 10.4. The molecule has 4 nitrogen and oxygen atoms in total. The van der Waals surface area contributed by atoms with Crippen molar-refractivity contribution in [2.24, 2.45) is 5.92 Å². The fourth-order valence-corrected chi connectivity index (χ4v) is 8.74. The van der Waals surface area contributed by atoms with E-state index in [0.29, 0.717) is 19.7 Å².